The van der Waals surface area contributed by atoms with Gasteiger partial charge in [0.05, 0.1) is 4.90 Å². The molecule has 2 aliphatic rings. The van der Waals surface area contributed by atoms with Crippen molar-refractivity contribution in [2.45, 2.75) is 43.7 Å². The normalized spacial score (nSPS) is 22.6. The van der Waals surface area contributed by atoms with Crippen LogP contribution in [0.15, 0.2) is 64.5 Å². The molecular formula is C23H28N4O3S. The molecule has 7 nitrogen and oxygen atoms in total. The molecule has 1 fully saturated rings. The Morgan fingerprint density at radius 3 is 2.65 bits per heavy atom. The number of para-hydroxylation sites is 1. The van der Waals surface area contributed by atoms with Crippen molar-refractivity contribution in [2.75, 3.05) is 18.4 Å². The van der Waals surface area contributed by atoms with Crippen LogP contribution in [-0.4, -0.2) is 50.2 Å². The molecule has 0 spiro atoms. The van der Waals surface area contributed by atoms with Crippen LogP contribution in [0.3, 0.4) is 0 Å². The van der Waals surface area contributed by atoms with Gasteiger partial charge in [0.1, 0.15) is 11.9 Å². The fourth-order valence-corrected chi connectivity index (χ4v) is 5.29. The number of amidine groups is 1. The van der Waals surface area contributed by atoms with Crippen LogP contribution in [0.2, 0.25) is 0 Å². The summed E-state index contributed by atoms with van der Waals surface area (Å²) in [6.45, 7) is 5.26. The molecule has 8 heteroatoms. The van der Waals surface area contributed by atoms with Gasteiger partial charge in [0, 0.05) is 30.4 Å². The summed E-state index contributed by atoms with van der Waals surface area (Å²) in [7, 11) is -3.64. The van der Waals surface area contributed by atoms with Gasteiger partial charge in [-0.3, -0.25) is 14.5 Å². The topological polar surface area (TPSA) is 90.9 Å². The summed E-state index contributed by atoms with van der Waals surface area (Å²) < 4.78 is 27.4. The number of hydrogen-bond acceptors (Lipinski definition) is 5. The Kier molecular flexibility index (Phi) is 6.00. The minimum Gasteiger partial charge on any atom is -0.380 e. The summed E-state index contributed by atoms with van der Waals surface area (Å²) in [5.74, 6) is 0.189. The Balaban J connectivity index is 1.54. The number of fused-ring (bicyclic) bond motifs is 1. The second-order valence-corrected chi connectivity index (χ2v) is 9.84. The first-order chi connectivity index (χ1) is 14.9. The molecule has 2 aliphatic heterocycles. The largest absolute Gasteiger partial charge is 0.380 e. The number of nitrogens with zero attached hydrogens (tertiary/aromatic N) is 2. The van der Waals surface area contributed by atoms with Crippen molar-refractivity contribution in [3.8, 4) is 0 Å². The Morgan fingerprint density at radius 1 is 1.19 bits per heavy atom. The quantitative estimate of drug-likeness (QED) is 0.723. The number of aliphatic imine (C=N–C) groups is 1. The number of hydrogen-bond donors (Lipinski definition) is 2. The highest BCUT2D eigenvalue weighted by atomic mass is 32.2. The lowest BCUT2D eigenvalue weighted by atomic mass is 9.98. The lowest BCUT2D eigenvalue weighted by Gasteiger charge is -2.25. The SMILES string of the molecule is CC[C@H](C)[C@H](N=C1NS(=O)(=O)c2ccccc21)C(=O)N1CCC(Nc2ccccc2)C1. The number of sulfonamides is 1. The molecule has 0 aromatic heterocycles. The van der Waals surface area contributed by atoms with E-state index in [1.54, 1.807) is 24.3 Å². The molecule has 2 aromatic rings. The monoisotopic (exact) mass is 440 g/mol. The van der Waals surface area contributed by atoms with Crippen LogP contribution in [0.4, 0.5) is 5.69 Å². The maximum Gasteiger partial charge on any atom is 0.263 e. The van der Waals surface area contributed by atoms with E-state index in [1.165, 1.54) is 0 Å². The van der Waals surface area contributed by atoms with E-state index in [0.717, 1.165) is 18.5 Å². The molecule has 0 bridgehead atoms. The van der Waals surface area contributed by atoms with E-state index in [9.17, 15) is 13.2 Å². The molecule has 3 atom stereocenters. The fourth-order valence-electron chi connectivity index (χ4n) is 4.05. The zero-order valence-electron chi connectivity index (χ0n) is 17.8. The van der Waals surface area contributed by atoms with Crippen LogP contribution in [0.25, 0.3) is 0 Å². The maximum atomic E-state index is 13.4. The zero-order valence-corrected chi connectivity index (χ0v) is 18.6. The first-order valence-electron chi connectivity index (χ1n) is 10.7. The number of anilines is 1. The number of carbonyl (C=O) groups excluding carboxylic acids is 1. The second-order valence-electron chi connectivity index (χ2n) is 8.19. The lowest BCUT2D eigenvalue weighted by molar-refractivity contribution is -0.132. The number of benzene rings is 2. The molecule has 4 rings (SSSR count). The van der Waals surface area contributed by atoms with Crippen molar-refractivity contribution in [2.24, 2.45) is 10.9 Å². The molecule has 0 saturated carbocycles. The molecule has 2 heterocycles. The lowest BCUT2D eigenvalue weighted by Crippen LogP contribution is -2.42. The second kappa shape index (κ2) is 8.70. The first-order valence-corrected chi connectivity index (χ1v) is 12.2. The molecule has 1 unspecified atom stereocenters. The van der Waals surface area contributed by atoms with Gasteiger partial charge in [-0.1, -0.05) is 50.6 Å². The molecule has 31 heavy (non-hydrogen) atoms. The molecule has 1 saturated heterocycles. The highest BCUT2D eigenvalue weighted by Crippen LogP contribution is 2.25. The standard InChI is InChI=1S/C23H28N4O3S/c1-3-16(2)21(25-22-19-11-7-8-12-20(19)31(29,30)26-22)23(28)27-14-13-18(15-27)24-17-9-5-4-6-10-17/h4-12,16,18,21,24H,3,13-15H2,1-2H3,(H,25,26)/t16-,18?,21-/m0/s1. The summed E-state index contributed by atoms with van der Waals surface area (Å²) >= 11 is 0. The number of rotatable bonds is 6. The number of amides is 1. The van der Waals surface area contributed by atoms with Crippen LogP contribution in [0.5, 0.6) is 0 Å². The van der Waals surface area contributed by atoms with Crippen molar-refractivity contribution in [3.05, 3.63) is 60.2 Å². The zero-order chi connectivity index (χ0) is 22.0. The van der Waals surface area contributed by atoms with Crippen molar-refractivity contribution in [1.29, 1.82) is 0 Å². The third kappa shape index (κ3) is 4.44. The van der Waals surface area contributed by atoms with E-state index in [4.69, 9.17) is 0 Å². The predicted octanol–water partition coefficient (Wildman–Crippen LogP) is 2.85. The van der Waals surface area contributed by atoms with Crippen LogP contribution in [0, 0.1) is 5.92 Å². The van der Waals surface area contributed by atoms with Gasteiger partial charge >= 0.3 is 0 Å². The smallest absolute Gasteiger partial charge is 0.263 e. The average Bonchev–Trinajstić information content (AvgIpc) is 3.34. The molecule has 2 N–H and O–H groups in total. The van der Waals surface area contributed by atoms with Crippen LogP contribution < -0.4 is 10.0 Å². The van der Waals surface area contributed by atoms with Crippen molar-refractivity contribution >= 4 is 27.5 Å². The van der Waals surface area contributed by atoms with Gasteiger partial charge in [-0.2, -0.15) is 0 Å². The molecule has 0 aliphatic carbocycles. The number of nitrogens with one attached hydrogen (secondary N) is 2. The summed E-state index contributed by atoms with van der Waals surface area (Å²) in [5, 5.41) is 3.48. The molecule has 0 radical (unpaired) electrons. The third-order valence-corrected chi connectivity index (χ3v) is 7.41. The molecule has 164 valence electrons. The van der Waals surface area contributed by atoms with Crippen LogP contribution in [-0.2, 0) is 14.8 Å². The maximum absolute atomic E-state index is 13.4. The molecule has 2 aromatic carbocycles. The van der Waals surface area contributed by atoms with Gasteiger partial charge in [0.2, 0.25) is 5.91 Å². The summed E-state index contributed by atoms with van der Waals surface area (Å²) in [6, 6.07) is 16.3. The van der Waals surface area contributed by atoms with Crippen molar-refractivity contribution in [3.63, 3.8) is 0 Å². The van der Waals surface area contributed by atoms with E-state index < -0.39 is 16.1 Å². The van der Waals surface area contributed by atoms with Crippen molar-refractivity contribution in [1.82, 2.24) is 9.62 Å². The van der Waals surface area contributed by atoms with E-state index in [2.05, 4.69) is 15.0 Å². The third-order valence-electron chi connectivity index (χ3n) is 6.01. The predicted molar refractivity (Wildman–Crippen MR) is 122 cm³/mol. The highest BCUT2D eigenvalue weighted by Gasteiger charge is 2.36. The van der Waals surface area contributed by atoms with Crippen LogP contribution >= 0.6 is 0 Å². The minimum absolute atomic E-state index is 0.0154. The Morgan fingerprint density at radius 2 is 1.90 bits per heavy atom. The highest BCUT2D eigenvalue weighted by molar-refractivity contribution is 7.90. The average molecular weight is 441 g/mol. The number of carbonyl (C=O) groups is 1. The van der Waals surface area contributed by atoms with E-state index in [1.807, 2.05) is 49.1 Å². The van der Waals surface area contributed by atoms with E-state index in [0.29, 0.717) is 18.7 Å². The minimum atomic E-state index is -3.64. The van der Waals surface area contributed by atoms with Gasteiger partial charge in [-0.05, 0) is 36.6 Å². The fraction of sp³-hybridized carbons (Fsp3) is 0.391. The Labute approximate surface area is 183 Å². The van der Waals surface area contributed by atoms with E-state index in [-0.39, 0.29) is 28.6 Å². The van der Waals surface area contributed by atoms with Crippen molar-refractivity contribution < 1.29 is 13.2 Å². The van der Waals surface area contributed by atoms with Gasteiger partial charge in [-0.25, -0.2) is 8.42 Å². The molecule has 1 amide bonds. The molecular weight excluding hydrogens is 412 g/mol. The van der Waals surface area contributed by atoms with Gasteiger partial charge in [0.25, 0.3) is 10.0 Å². The van der Waals surface area contributed by atoms with Crippen LogP contribution in [0.1, 0.15) is 32.3 Å². The van der Waals surface area contributed by atoms with Gasteiger partial charge in [0.15, 0.2) is 0 Å². The first kappa shape index (κ1) is 21.4. The number of likely N-dealkylation sites (tertiary alicyclic amines) is 1. The summed E-state index contributed by atoms with van der Waals surface area (Å²) in [4.78, 5) is 20.1. The summed E-state index contributed by atoms with van der Waals surface area (Å²) in [6.07, 6.45) is 1.63. The Bertz CT molecular complexity index is 1090. The van der Waals surface area contributed by atoms with E-state index >= 15 is 0 Å². The summed E-state index contributed by atoms with van der Waals surface area (Å²) in [5.41, 5.74) is 1.56. The Hall–Kier alpha value is -2.87. The van der Waals surface area contributed by atoms with Gasteiger partial charge in [-0.15, -0.1) is 0 Å². The van der Waals surface area contributed by atoms with Gasteiger partial charge < -0.3 is 10.2 Å².